The van der Waals surface area contributed by atoms with Gasteiger partial charge in [-0.15, -0.1) is 12.3 Å². The highest BCUT2D eigenvalue weighted by atomic mass is 16.6. The van der Waals surface area contributed by atoms with Gasteiger partial charge in [0, 0.05) is 30.1 Å². The van der Waals surface area contributed by atoms with Crippen LogP contribution in [0.1, 0.15) is 64.7 Å². The zero-order valence-corrected chi connectivity index (χ0v) is 14.5. The van der Waals surface area contributed by atoms with Crippen LogP contribution in [0.5, 0.6) is 0 Å². The van der Waals surface area contributed by atoms with Gasteiger partial charge in [0.15, 0.2) is 5.78 Å². The maximum atomic E-state index is 12.5. The summed E-state index contributed by atoms with van der Waals surface area (Å²) >= 11 is 0. The highest BCUT2D eigenvalue weighted by Gasteiger charge is 2.77. The number of carbonyl (C=O) groups is 2. The van der Waals surface area contributed by atoms with Gasteiger partial charge in [-0.2, -0.15) is 0 Å². The molecule has 0 aromatic rings. The first-order valence-electron chi connectivity index (χ1n) is 9.66. The zero-order chi connectivity index (χ0) is 16.7. The third kappa shape index (κ3) is 1.51. The first kappa shape index (κ1) is 15.1. The standard InChI is InChI=1S/C21H26O3/c1-3-9-20-11-8-16(22)18-21(20,24-18)12-6-13-14-4-5-17(23)19(14,2)10-7-15(13)20/h1,13-15,18H,4-12H2,2H3/t13-,14-,15-,18?,19-,20?,21-/m0/s1. The fourth-order valence-electron chi connectivity index (χ4n) is 7.59. The Labute approximate surface area is 143 Å². The van der Waals surface area contributed by atoms with E-state index in [0.717, 1.165) is 51.4 Å². The van der Waals surface area contributed by atoms with Gasteiger partial charge in [0.2, 0.25) is 0 Å². The molecule has 7 atom stereocenters. The van der Waals surface area contributed by atoms with Crippen LogP contribution in [0.4, 0.5) is 0 Å². The highest BCUT2D eigenvalue weighted by molar-refractivity contribution is 5.89. The monoisotopic (exact) mass is 326 g/mol. The number of fused-ring (bicyclic) bond motifs is 4. The third-order valence-corrected chi connectivity index (χ3v) is 8.77. The predicted octanol–water partition coefficient (Wildman–Crippen LogP) is 3.30. The van der Waals surface area contributed by atoms with Gasteiger partial charge in [-0.25, -0.2) is 0 Å². The summed E-state index contributed by atoms with van der Waals surface area (Å²) in [6.07, 6.45) is 13.8. The fraction of sp³-hybridized carbons (Fsp3) is 0.810. The van der Waals surface area contributed by atoms with Crippen molar-refractivity contribution in [2.45, 2.75) is 76.4 Å². The van der Waals surface area contributed by atoms with E-state index in [1.807, 2.05) is 0 Å². The molecule has 0 N–H and O–H groups in total. The molecule has 3 heteroatoms. The number of epoxide rings is 1. The number of hydrogen-bond acceptors (Lipinski definition) is 3. The average Bonchev–Trinajstić information content (AvgIpc) is 3.24. The van der Waals surface area contributed by atoms with Gasteiger partial charge in [-0.1, -0.05) is 6.92 Å². The second-order valence-corrected chi connectivity index (χ2v) is 9.22. The van der Waals surface area contributed by atoms with Gasteiger partial charge in [0.25, 0.3) is 0 Å². The molecule has 1 spiro atoms. The SMILES string of the molecule is C#CCC12CCC(=O)C3O[C@@]31CC[C@@H]1[C@@H]2CC[C@]2(C)C(=O)CC[C@@H]12. The molecule has 0 aromatic carbocycles. The number of terminal acetylenes is 1. The van der Waals surface area contributed by atoms with Gasteiger partial charge in [0.05, 0.1) is 0 Å². The molecule has 3 nitrogen and oxygen atoms in total. The lowest BCUT2D eigenvalue weighted by Gasteiger charge is -2.59. The molecule has 4 saturated carbocycles. The molecule has 0 amide bonds. The lowest BCUT2D eigenvalue weighted by Crippen LogP contribution is -2.59. The maximum Gasteiger partial charge on any atom is 0.164 e. The van der Waals surface area contributed by atoms with Crippen molar-refractivity contribution in [3.05, 3.63) is 0 Å². The quantitative estimate of drug-likeness (QED) is 0.549. The summed E-state index contributed by atoms with van der Waals surface area (Å²) in [5.74, 6) is 5.36. The lowest BCUT2D eigenvalue weighted by atomic mass is 9.43. The second kappa shape index (κ2) is 4.52. The zero-order valence-electron chi connectivity index (χ0n) is 14.5. The molecule has 128 valence electrons. The van der Waals surface area contributed by atoms with Crippen molar-refractivity contribution in [2.75, 3.05) is 0 Å². The molecule has 0 aromatic heterocycles. The molecule has 0 bridgehead atoms. The van der Waals surface area contributed by atoms with Gasteiger partial charge in [-0.05, 0) is 56.3 Å². The van der Waals surface area contributed by atoms with Crippen molar-refractivity contribution in [1.29, 1.82) is 0 Å². The lowest BCUT2D eigenvalue weighted by molar-refractivity contribution is -0.142. The van der Waals surface area contributed by atoms with E-state index in [9.17, 15) is 9.59 Å². The molecule has 5 rings (SSSR count). The van der Waals surface area contributed by atoms with Gasteiger partial charge in [-0.3, -0.25) is 9.59 Å². The smallest absolute Gasteiger partial charge is 0.164 e. The summed E-state index contributed by atoms with van der Waals surface area (Å²) in [7, 11) is 0. The van der Waals surface area contributed by atoms with Crippen LogP contribution in [0.25, 0.3) is 0 Å². The minimum absolute atomic E-state index is 0.0176. The van der Waals surface area contributed by atoms with Crippen molar-refractivity contribution in [3.63, 3.8) is 0 Å². The van der Waals surface area contributed by atoms with Crippen LogP contribution in [0.15, 0.2) is 0 Å². The summed E-state index contributed by atoms with van der Waals surface area (Å²) in [5.41, 5.74) is -0.375. The largest absolute Gasteiger partial charge is 0.357 e. The van der Waals surface area contributed by atoms with E-state index in [4.69, 9.17) is 11.2 Å². The van der Waals surface area contributed by atoms with Crippen molar-refractivity contribution in [2.24, 2.45) is 28.6 Å². The Bertz CT molecular complexity index is 675. The number of hydrogen-bond donors (Lipinski definition) is 0. The fourth-order valence-corrected chi connectivity index (χ4v) is 7.59. The topological polar surface area (TPSA) is 46.7 Å². The molecule has 0 radical (unpaired) electrons. The van der Waals surface area contributed by atoms with Crippen LogP contribution in [0, 0.1) is 40.9 Å². The van der Waals surface area contributed by atoms with E-state index in [-0.39, 0.29) is 28.3 Å². The average molecular weight is 326 g/mol. The molecular weight excluding hydrogens is 300 g/mol. The molecule has 1 aliphatic heterocycles. The van der Waals surface area contributed by atoms with Gasteiger partial charge in [0.1, 0.15) is 17.5 Å². The number of ether oxygens (including phenoxy) is 1. The van der Waals surface area contributed by atoms with Crippen molar-refractivity contribution < 1.29 is 14.3 Å². The van der Waals surface area contributed by atoms with E-state index in [2.05, 4.69) is 12.8 Å². The third-order valence-electron chi connectivity index (χ3n) is 8.77. The van der Waals surface area contributed by atoms with E-state index in [1.54, 1.807) is 0 Å². The highest BCUT2D eigenvalue weighted by Crippen LogP contribution is 2.72. The Morgan fingerprint density at radius 3 is 2.75 bits per heavy atom. The normalized spacial score (nSPS) is 55.0. The van der Waals surface area contributed by atoms with Gasteiger partial charge >= 0.3 is 0 Å². The summed E-state index contributed by atoms with van der Waals surface area (Å²) < 4.78 is 6.13. The first-order chi connectivity index (χ1) is 11.5. The molecule has 2 unspecified atom stereocenters. The molecule has 1 heterocycles. The molecule has 24 heavy (non-hydrogen) atoms. The molecule has 1 saturated heterocycles. The maximum absolute atomic E-state index is 12.5. The van der Waals surface area contributed by atoms with E-state index in [0.29, 0.717) is 30.0 Å². The second-order valence-electron chi connectivity index (χ2n) is 9.22. The number of carbonyl (C=O) groups excluding carboxylic acids is 2. The van der Waals surface area contributed by atoms with Crippen LogP contribution in [-0.2, 0) is 14.3 Å². The number of ketones is 2. The first-order valence-corrected chi connectivity index (χ1v) is 9.66. The Morgan fingerprint density at radius 1 is 1.12 bits per heavy atom. The van der Waals surface area contributed by atoms with Crippen LogP contribution >= 0.6 is 0 Å². The van der Waals surface area contributed by atoms with Crippen molar-refractivity contribution in [1.82, 2.24) is 0 Å². The summed E-state index contributed by atoms with van der Waals surface area (Å²) in [5, 5.41) is 0. The Morgan fingerprint density at radius 2 is 1.96 bits per heavy atom. The summed E-state index contributed by atoms with van der Waals surface area (Å²) in [4.78, 5) is 24.8. The minimum atomic E-state index is -0.258. The van der Waals surface area contributed by atoms with Crippen LogP contribution in [-0.4, -0.2) is 23.3 Å². The predicted molar refractivity (Wildman–Crippen MR) is 89.0 cm³/mol. The number of Topliss-reactive ketones (excluding diaryl/α,β-unsaturated/α-hetero) is 2. The van der Waals surface area contributed by atoms with Crippen LogP contribution in [0.3, 0.4) is 0 Å². The molecular formula is C21H26O3. The van der Waals surface area contributed by atoms with Gasteiger partial charge < -0.3 is 4.74 Å². The van der Waals surface area contributed by atoms with Crippen molar-refractivity contribution in [3.8, 4) is 12.3 Å². The number of rotatable bonds is 1. The Kier molecular flexibility index (Phi) is 2.85. The Hall–Kier alpha value is -1.14. The van der Waals surface area contributed by atoms with E-state index in [1.165, 1.54) is 0 Å². The van der Waals surface area contributed by atoms with E-state index >= 15 is 0 Å². The molecule has 4 aliphatic carbocycles. The van der Waals surface area contributed by atoms with E-state index < -0.39 is 0 Å². The summed E-state index contributed by atoms with van der Waals surface area (Å²) in [6, 6.07) is 0. The summed E-state index contributed by atoms with van der Waals surface area (Å²) in [6.45, 7) is 2.21. The molecule has 5 aliphatic rings. The van der Waals surface area contributed by atoms with Crippen LogP contribution in [0.2, 0.25) is 0 Å². The Balaban J connectivity index is 1.56. The van der Waals surface area contributed by atoms with Crippen molar-refractivity contribution >= 4 is 11.6 Å². The molecule has 5 fully saturated rings. The minimum Gasteiger partial charge on any atom is -0.357 e. The van der Waals surface area contributed by atoms with Crippen LogP contribution < -0.4 is 0 Å².